The van der Waals surface area contributed by atoms with E-state index < -0.39 is 15.8 Å². The van der Waals surface area contributed by atoms with Crippen LogP contribution < -0.4 is 10.6 Å². The third-order valence-electron chi connectivity index (χ3n) is 3.71. The van der Waals surface area contributed by atoms with Crippen molar-refractivity contribution in [1.82, 2.24) is 0 Å². The molecule has 0 aliphatic carbocycles. The summed E-state index contributed by atoms with van der Waals surface area (Å²) in [6.45, 7) is 4.68. The molecule has 1 aliphatic rings. The van der Waals surface area contributed by atoms with Crippen molar-refractivity contribution in [3.63, 3.8) is 0 Å². The Bertz CT molecular complexity index is 653. The van der Waals surface area contributed by atoms with Crippen LogP contribution in [-0.2, 0) is 20.9 Å². The minimum absolute atomic E-state index is 0.0906. The van der Waals surface area contributed by atoms with E-state index in [0.717, 1.165) is 17.7 Å². The van der Waals surface area contributed by atoms with Crippen molar-refractivity contribution in [3.8, 4) is 0 Å². The molecule has 1 aromatic rings. The highest BCUT2D eigenvalue weighted by Gasteiger charge is 2.29. The third-order valence-corrected chi connectivity index (χ3v) is 4.86. The Morgan fingerprint density at radius 1 is 1.48 bits per heavy atom. The summed E-state index contributed by atoms with van der Waals surface area (Å²) in [5.41, 5.74) is 7.81. The van der Waals surface area contributed by atoms with Crippen molar-refractivity contribution >= 4 is 21.3 Å². The number of benzene rings is 1. The van der Waals surface area contributed by atoms with Crippen molar-refractivity contribution in [2.75, 3.05) is 17.7 Å². The van der Waals surface area contributed by atoms with Crippen LogP contribution in [0.15, 0.2) is 23.1 Å². The SMILES string of the molecule is CC(C)C[C@H](N)C(=O)N1CCc2ccc(S(C)(=N)=O)cc21. The first kappa shape index (κ1) is 16.0. The summed E-state index contributed by atoms with van der Waals surface area (Å²) in [4.78, 5) is 14.6. The quantitative estimate of drug-likeness (QED) is 0.891. The maximum Gasteiger partial charge on any atom is 0.243 e. The van der Waals surface area contributed by atoms with Gasteiger partial charge in [0, 0.05) is 23.4 Å². The molecule has 2 rings (SSSR count). The van der Waals surface area contributed by atoms with Gasteiger partial charge in [0.25, 0.3) is 0 Å². The van der Waals surface area contributed by atoms with Gasteiger partial charge in [0.15, 0.2) is 0 Å². The number of carbonyl (C=O) groups excluding carboxylic acids is 1. The van der Waals surface area contributed by atoms with Crippen molar-refractivity contribution in [1.29, 1.82) is 4.78 Å². The molecule has 0 fully saturated rings. The first-order valence-electron chi connectivity index (χ1n) is 7.14. The minimum Gasteiger partial charge on any atom is -0.320 e. The van der Waals surface area contributed by atoms with Crippen LogP contribution in [0.3, 0.4) is 0 Å². The summed E-state index contributed by atoms with van der Waals surface area (Å²) in [6, 6.07) is 4.78. The van der Waals surface area contributed by atoms with E-state index in [-0.39, 0.29) is 5.91 Å². The number of rotatable bonds is 4. The lowest BCUT2D eigenvalue weighted by atomic mass is 10.0. The number of hydrogen-bond acceptors (Lipinski definition) is 4. The molecule has 0 radical (unpaired) electrons. The standard InChI is InChI=1S/C15H23N3O2S/c1-10(2)8-13(16)15(19)18-7-6-11-4-5-12(9-14(11)18)21(3,17)20/h4-5,9-10,13,17H,6-8,16H2,1-3H3/t13-,21?/m0/s1. The number of nitrogens with two attached hydrogens (primary N) is 1. The highest BCUT2D eigenvalue weighted by Crippen LogP contribution is 2.31. The van der Waals surface area contributed by atoms with Crippen LogP contribution in [-0.4, -0.2) is 29.0 Å². The van der Waals surface area contributed by atoms with E-state index in [1.54, 1.807) is 17.0 Å². The molecule has 21 heavy (non-hydrogen) atoms. The summed E-state index contributed by atoms with van der Waals surface area (Å²) >= 11 is 0. The largest absolute Gasteiger partial charge is 0.320 e. The molecular weight excluding hydrogens is 286 g/mol. The molecule has 5 nitrogen and oxygen atoms in total. The maximum absolute atomic E-state index is 12.5. The Kier molecular flexibility index (Phi) is 4.39. The average Bonchev–Trinajstić information content (AvgIpc) is 2.78. The number of nitrogens with zero attached hydrogens (tertiary/aromatic N) is 1. The predicted molar refractivity (Wildman–Crippen MR) is 85.0 cm³/mol. The van der Waals surface area contributed by atoms with Crippen molar-refractivity contribution in [2.45, 2.75) is 37.6 Å². The van der Waals surface area contributed by atoms with Gasteiger partial charge in [0.05, 0.1) is 15.8 Å². The van der Waals surface area contributed by atoms with E-state index in [2.05, 4.69) is 0 Å². The average molecular weight is 309 g/mol. The highest BCUT2D eigenvalue weighted by atomic mass is 32.2. The van der Waals surface area contributed by atoms with Gasteiger partial charge in [-0.3, -0.25) is 4.79 Å². The molecular formula is C15H23N3O2S. The zero-order chi connectivity index (χ0) is 15.8. The summed E-state index contributed by atoms with van der Waals surface area (Å²) in [6.07, 6.45) is 2.81. The van der Waals surface area contributed by atoms with Crippen LogP contribution in [0.4, 0.5) is 5.69 Å². The predicted octanol–water partition coefficient (Wildman–Crippen LogP) is 1.98. The molecule has 116 valence electrons. The van der Waals surface area contributed by atoms with E-state index in [4.69, 9.17) is 10.5 Å². The molecule has 1 heterocycles. The van der Waals surface area contributed by atoms with Crippen molar-refractivity contribution < 1.29 is 9.00 Å². The fourth-order valence-electron chi connectivity index (χ4n) is 2.64. The molecule has 2 atom stereocenters. The molecule has 3 N–H and O–H groups in total. The van der Waals surface area contributed by atoms with Gasteiger partial charge in [0.2, 0.25) is 5.91 Å². The van der Waals surface area contributed by atoms with Crippen LogP contribution >= 0.6 is 0 Å². The van der Waals surface area contributed by atoms with Gasteiger partial charge in [-0.1, -0.05) is 19.9 Å². The lowest BCUT2D eigenvalue weighted by molar-refractivity contribution is -0.120. The maximum atomic E-state index is 12.5. The van der Waals surface area contributed by atoms with Crippen LogP contribution in [0.25, 0.3) is 0 Å². The Balaban J connectivity index is 2.30. The first-order valence-corrected chi connectivity index (χ1v) is 9.10. The van der Waals surface area contributed by atoms with Gasteiger partial charge in [-0.2, -0.15) is 0 Å². The summed E-state index contributed by atoms with van der Waals surface area (Å²) in [7, 11) is -2.78. The molecule has 1 amide bonds. The van der Waals surface area contributed by atoms with Crippen LogP contribution in [0, 0.1) is 10.7 Å². The summed E-state index contributed by atoms with van der Waals surface area (Å²) in [5.74, 6) is 0.271. The molecule has 0 saturated heterocycles. The molecule has 0 bridgehead atoms. The van der Waals surface area contributed by atoms with E-state index >= 15 is 0 Å². The fraction of sp³-hybridized carbons (Fsp3) is 0.533. The highest BCUT2D eigenvalue weighted by molar-refractivity contribution is 7.91. The number of nitrogens with one attached hydrogen (secondary N) is 1. The van der Waals surface area contributed by atoms with Crippen LogP contribution in [0.2, 0.25) is 0 Å². The fourth-order valence-corrected chi connectivity index (χ4v) is 3.30. The number of carbonyl (C=O) groups is 1. The monoisotopic (exact) mass is 309 g/mol. The minimum atomic E-state index is -2.78. The van der Waals surface area contributed by atoms with Gasteiger partial charge >= 0.3 is 0 Å². The van der Waals surface area contributed by atoms with Gasteiger partial charge in [-0.05, 0) is 36.5 Å². The van der Waals surface area contributed by atoms with E-state index in [0.29, 0.717) is 23.8 Å². The van der Waals surface area contributed by atoms with E-state index in [1.807, 2.05) is 19.9 Å². The lowest BCUT2D eigenvalue weighted by Crippen LogP contribution is -2.43. The van der Waals surface area contributed by atoms with Crippen molar-refractivity contribution in [3.05, 3.63) is 23.8 Å². The second-order valence-corrected chi connectivity index (χ2v) is 8.27. The number of fused-ring (bicyclic) bond motifs is 1. The van der Waals surface area contributed by atoms with Gasteiger partial charge in [-0.25, -0.2) is 8.99 Å². The van der Waals surface area contributed by atoms with Crippen molar-refractivity contribution in [2.24, 2.45) is 11.7 Å². The second-order valence-electron chi connectivity index (χ2n) is 6.11. The molecule has 0 saturated carbocycles. The zero-order valence-corrected chi connectivity index (χ0v) is 13.6. The number of amides is 1. The molecule has 1 aliphatic heterocycles. The first-order chi connectivity index (χ1) is 9.70. The van der Waals surface area contributed by atoms with E-state index in [1.165, 1.54) is 6.26 Å². The molecule has 1 aromatic carbocycles. The Morgan fingerprint density at radius 2 is 2.14 bits per heavy atom. The normalized spacial score (nSPS) is 18.4. The third kappa shape index (κ3) is 3.44. The Hall–Kier alpha value is -1.40. The number of anilines is 1. The van der Waals surface area contributed by atoms with E-state index in [9.17, 15) is 9.00 Å². The Morgan fingerprint density at radius 3 is 2.71 bits per heavy atom. The van der Waals surface area contributed by atoms with Crippen LogP contribution in [0.1, 0.15) is 25.8 Å². The Labute approximate surface area is 126 Å². The molecule has 1 unspecified atom stereocenters. The summed E-state index contributed by atoms with van der Waals surface area (Å²) in [5, 5.41) is 0. The topological polar surface area (TPSA) is 87.2 Å². The van der Waals surface area contributed by atoms with Gasteiger partial charge in [-0.15, -0.1) is 0 Å². The lowest BCUT2D eigenvalue weighted by Gasteiger charge is -2.23. The summed E-state index contributed by atoms with van der Waals surface area (Å²) < 4.78 is 19.6. The smallest absolute Gasteiger partial charge is 0.243 e. The second kappa shape index (κ2) is 5.77. The molecule has 0 aromatic heterocycles. The number of hydrogen-bond donors (Lipinski definition) is 2. The van der Waals surface area contributed by atoms with Gasteiger partial charge < -0.3 is 10.6 Å². The molecule has 6 heteroatoms. The van der Waals surface area contributed by atoms with Gasteiger partial charge in [0.1, 0.15) is 0 Å². The van der Waals surface area contributed by atoms with Crippen LogP contribution in [0.5, 0.6) is 0 Å². The molecule has 0 spiro atoms. The zero-order valence-electron chi connectivity index (χ0n) is 12.8.